The zero-order valence-electron chi connectivity index (χ0n) is 11.4. The summed E-state index contributed by atoms with van der Waals surface area (Å²) in [6.07, 6.45) is 8.50. The molecule has 0 radical (unpaired) electrons. The van der Waals surface area contributed by atoms with Gasteiger partial charge in [-0.2, -0.15) is 0 Å². The molecule has 0 aliphatic heterocycles. The first-order chi connectivity index (χ1) is 8.86. The van der Waals surface area contributed by atoms with Crippen LogP contribution in [-0.4, -0.2) is 5.71 Å². The molecular weight excluding hydrogens is 222 g/mol. The Morgan fingerprint density at radius 2 is 1.94 bits per heavy atom. The van der Waals surface area contributed by atoms with Gasteiger partial charge in [0.15, 0.2) is 0 Å². The van der Waals surface area contributed by atoms with E-state index in [0.29, 0.717) is 6.61 Å². The van der Waals surface area contributed by atoms with Crippen LogP contribution in [0, 0.1) is 0 Å². The van der Waals surface area contributed by atoms with E-state index in [-0.39, 0.29) is 0 Å². The van der Waals surface area contributed by atoms with Crippen LogP contribution in [0.2, 0.25) is 0 Å². The monoisotopic (exact) mass is 245 g/mol. The molecule has 0 unspecified atom stereocenters. The second-order valence-corrected chi connectivity index (χ2v) is 4.19. The molecule has 2 nitrogen and oxygen atoms in total. The molecule has 1 aromatic rings. The number of nitrogens with zero attached hydrogens (tertiary/aromatic N) is 1. The second-order valence-electron chi connectivity index (χ2n) is 4.19. The van der Waals surface area contributed by atoms with Crippen molar-refractivity contribution in [2.45, 2.75) is 46.1 Å². The summed E-state index contributed by atoms with van der Waals surface area (Å²) in [4.78, 5) is 5.39. The van der Waals surface area contributed by atoms with Crippen molar-refractivity contribution in [3.05, 3.63) is 48.0 Å². The Kier molecular flexibility index (Phi) is 7.61. The normalized spacial score (nSPS) is 12.0. The van der Waals surface area contributed by atoms with Crippen molar-refractivity contribution < 1.29 is 4.84 Å². The maximum atomic E-state index is 5.39. The van der Waals surface area contributed by atoms with Gasteiger partial charge in [-0.1, -0.05) is 61.5 Å². The zero-order valence-corrected chi connectivity index (χ0v) is 11.4. The summed E-state index contributed by atoms with van der Waals surface area (Å²) in [5, 5.41) is 4.22. The highest BCUT2D eigenvalue weighted by atomic mass is 16.6. The maximum absolute atomic E-state index is 5.39. The van der Waals surface area contributed by atoms with Crippen molar-refractivity contribution in [2.75, 3.05) is 0 Å². The summed E-state index contributed by atoms with van der Waals surface area (Å²) in [5.41, 5.74) is 2.29. The molecule has 2 heteroatoms. The third-order valence-corrected chi connectivity index (χ3v) is 2.68. The molecule has 0 bridgehead atoms. The zero-order chi connectivity index (χ0) is 13.1. The third kappa shape index (κ3) is 6.24. The van der Waals surface area contributed by atoms with Crippen LogP contribution in [-0.2, 0) is 11.4 Å². The minimum Gasteiger partial charge on any atom is -0.391 e. The molecule has 0 aliphatic rings. The predicted octanol–water partition coefficient (Wildman–Crippen LogP) is 4.72. The van der Waals surface area contributed by atoms with Gasteiger partial charge in [0.2, 0.25) is 0 Å². The number of hydrogen-bond donors (Lipinski definition) is 0. The largest absolute Gasteiger partial charge is 0.391 e. The summed E-state index contributed by atoms with van der Waals surface area (Å²) in [6, 6.07) is 10.1. The Morgan fingerprint density at radius 1 is 1.17 bits per heavy atom. The average molecular weight is 245 g/mol. The number of hydrogen-bond acceptors (Lipinski definition) is 2. The summed E-state index contributed by atoms with van der Waals surface area (Å²) in [7, 11) is 0. The van der Waals surface area contributed by atoms with Gasteiger partial charge in [0.25, 0.3) is 0 Å². The third-order valence-electron chi connectivity index (χ3n) is 2.68. The second kappa shape index (κ2) is 9.46. The molecule has 0 atom stereocenters. The lowest BCUT2D eigenvalue weighted by Gasteiger charge is -2.03. The molecule has 0 spiro atoms. The minimum atomic E-state index is 0.551. The van der Waals surface area contributed by atoms with Gasteiger partial charge in [-0.3, -0.25) is 0 Å². The summed E-state index contributed by atoms with van der Waals surface area (Å²) in [6.45, 7) is 4.82. The van der Waals surface area contributed by atoms with E-state index in [1.807, 2.05) is 30.3 Å². The maximum Gasteiger partial charge on any atom is 0.142 e. The van der Waals surface area contributed by atoms with E-state index in [2.05, 4.69) is 31.2 Å². The molecule has 18 heavy (non-hydrogen) atoms. The van der Waals surface area contributed by atoms with Crippen LogP contribution in [0.5, 0.6) is 0 Å². The van der Waals surface area contributed by atoms with E-state index in [1.165, 1.54) is 0 Å². The van der Waals surface area contributed by atoms with Crippen LogP contribution in [0.15, 0.2) is 47.6 Å². The molecule has 0 saturated carbocycles. The van der Waals surface area contributed by atoms with E-state index in [1.54, 1.807) is 0 Å². The van der Waals surface area contributed by atoms with E-state index in [9.17, 15) is 0 Å². The molecular formula is C16H23NO. The van der Waals surface area contributed by atoms with Gasteiger partial charge in [0.05, 0.1) is 5.71 Å². The van der Waals surface area contributed by atoms with Gasteiger partial charge in [-0.05, 0) is 31.2 Å². The molecule has 98 valence electrons. The summed E-state index contributed by atoms with van der Waals surface area (Å²) < 4.78 is 0. The highest BCUT2D eigenvalue weighted by molar-refractivity contribution is 5.83. The minimum absolute atomic E-state index is 0.551. The molecule has 0 saturated heterocycles. The fourth-order valence-electron chi connectivity index (χ4n) is 1.59. The number of oxime groups is 1. The molecule has 1 rings (SSSR count). The van der Waals surface area contributed by atoms with E-state index >= 15 is 0 Å². The SMILES string of the molecule is CC/C=C/CC/C(CC)=N/OCc1ccccc1. The van der Waals surface area contributed by atoms with Gasteiger partial charge in [-0.15, -0.1) is 0 Å². The van der Waals surface area contributed by atoms with Gasteiger partial charge in [0, 0.05) is 0 Å². The van der Waals surface area contributed by atoms with Crippen molar-refractivity contribution >= 4 is 5.71 Å². The molecule has 0 N–H and O–H groups in total. The Hall–Kier alpha value is -1.57. The average Bonchev–Trinajstić information content (AvgIpc) is 2.42. The van der Waals surface area contributed by atoms with Crippen molar-refractivity contribution in [3.8, 4) is 0 Å². The van der Waals surface area contributed by atoms with Crippen LogP contribution in [0.1, 0.15) is 45.1 Å². The first kappa shape index (κ1) is 14.5. The van der Waals surface area contributed by atoms with Crippen LogP contribution in [0.3, 0.4) is 0 Å². The van der Waals surface area contributed by atoms with Gasteiger partial charge < -0.3 is 4.84 Å². The lowest BCUT2D eigenvalue weighted by molar-refractivity contribution is 0.129. The Bertz CT molecular complexity index is 368. The van der Waals surface area contributed by atoms with Gasteiger partial charge >= 0.3 is 0 Å². The number of benzene rings is 1. The molecule has 0 amide bonds. The van der Waals surface area contributed by atoms with Crippen molar-refractivity contribution in [2.24, 2.45) is 5.16 Å². The summed E-state index contributed by atoms with van der Waals surface area (Å²) >= 11 is 0. The fourth-order valence-corrected chi connectivity index (χ4v) is 1.59. The Labute approximate surface area is 110 Å². The molecule has 0 aliphatic carbocycles. The highest BCUT2D eigenvalue weighted by Gasteiger charge is 1.96. The smallest absolute Gasteiger partial charge is 0.142 e. The van der Waals surface area contributed by atoms with E-state index < -0.39 is 0 Å². The fraction of sp³-hybridized carbons (Fsp3) is 0.438. The Morgan fingerprint density at radius 3 is 2.61 bits per heavy atom. The van der Waals surface area contributed by atoms with E-state index in [4.69, 9.17) is 4.84 Å². The van der Waals surface area contributed by atoms with Crippen molar-refractivity contribution in [1.82, 2.24) is 0 Å². The topological polar surface area (TPSA) is 21.6 Å². The predicted molar refractivity (Wildman–Crippen MR) is 77.6 cm³/mol. The molecule has 0 aromatic heterocycles. The first-order valence-corrected chi connectivity index (χ1v) is 6.73. The van der Waals surface area contributed by atoms with Crippen LogP contribution in [0.4, 0.5) is 0 Å². The first-order valence-electron chi connectivity index (χ1n) is 6.73. The summed E-state index contributed by atoms with van der Waals surface area (Å²) in [5.74, 6) is 0. The quantitative estimate of drug-likeness (QED) is 0.369. The van der Waals surface area contributed by atoms with Crippen LogP contribution >= 0.6 is 0 Å². The van der Waals surface area contributed by atoms with Crippen molar-refractivity contribution in [1.29, 1.82) is 0 Å². The highest BCUT2D eigenvalue weighted by Crippen LogP contribution is 2.04. The lowest BCUT2D eigenvalue weighted by atomic mass is 10.1. The molecule has 0 fully saturated rings. The molecule has 0 heterocycles. The van der Waals surface area contributed by atoms with Crippen molar-refractivity contribution in [3.63, 3.8) is 0 Å². The lowest BCUT2D eigenvalue weighted by Crippen LogP contribution is -1.97. The number of allylic oxidation sites excluding steroid dienone is 2. The van der Waals surface area contributed by atoms with Gasteiger partial charge in [0.1, 0.15) is 6.61 Å². The van der Waals surface area contributed by atoms with Gasteiger partial charge in [-0.25, -0.2) is 0 Å². The molecule has 1 aromatic carbocycles. The Balaban J connectivity index is 2.31. The number of rotatable bonds is 8. The van der Waals surface area contributed by atoms with Crippen LogP contribution < -0.4 is 0 Å². The van der Waals surface area contributed by atoms with E-state index in [0.717, 1.165) is 37.0 Å². The standard InChI is InChI=1S/C16H23NO/c1-3-5-6-10-13-16(4-2)17-18-14-15-11-8-7-9-12-15/h5-9,11-12H,3-4,10,13-14H2,1-2H3/b6-5+,17-16+. The van der Waals surface area contributed by atoms with Crippen LogP contribution in [0.25, 0.3) is 0 Å².